The molecule has 0 atom stereocenters. The van der Waals surface area contributed by atoms with Crippen LogP contribution in [0.3, 0.4) is 0 Å². The van der Waals surface area contributed by atoms with Crippen LogP contribution in [0.2, 0.25) is 0 Å². The fourth-order valence-corrected chi connectivity index (χ4v) is 0.812. The zero-order chi connectivity index (χ0) is 8.20. The molecule has 0 heterocycles. The Kier molecular flexibility index (Phi) is 2.88. The number of nitrogens with two attached hydrogens (primary N) is 1. The maximum atomic E-state index is 10.7. The van der Waals surface area contributed by atoms with Crippen molar-refractivity contribution in [2.24, 2.45) is 11.1 Å². The summed E-state index contributed by atoms with van der Waals surface area (Å²) in [6, 6.07) is 1.94. The zero-order valence-corrected chi connectivity index (χ0v) is 6.35. The standard InChI is InChI=1S/C7H12N2O/c1-3-7(4-2,5-8)6(9)10/h3-4H2,1-2H3,(H2,9,10). The van der Waals surface area contributed by atoms with E-state index in [4.69, 9.17) is 11.0 Å². The van der Waals surface area contributed by atoms with Crippen LogP contribution in [0, 0.1) is 16.7 Å². The molecule has 2 N–H and O–H groups in total. The fourth-order valence-electron chi connectivity index (χ4n) is 0.812. The van der Waals surface area contributed by atoms with Gasteiger partial charge >= 0.3 is 0 Å². The van der Waals surface area contributed by atoms with E-state index in [1.165, 1.54) is 0 Å². The second-order valence-corrected chi connectivity index (χ2v) is 2.27. The second kappa shape index (κ2) is 3.21. The SMILES string of the molecule is CCC(C#N)(CC)C(N)=O. The van der Waals surface area contributed by atoms with Gasteiger partial charge in [0, 0.05) is 0 Å². The Morgan fingerprint density at radius 2 is 2.00 bits per heavy atom. The van der Waals surface area contributed by atoms with Crippen molar-refractivity contribution in [1.29, 1.82) is 5.26 Å². The highest BCUT2D eigenvalue weighted by molar-refractivity contribution is 5.83. The van der Waals surface area contributed by atoms with Gasteiger partial charge in [-0.1, -0.05) is 13.8 Å². The zero-order valence-electron chi connectivity index (χ0n) is 6.35. The van der Waals surface area contributed by atoms with E-state index in [1.54, 1.807) is 13.8 Å². The van der Waals surface area contributed by atoms with E-state index in [-0.39, 0.29) is 0 Å². The summed E-state index contributed by atoms with van der Waals surface area (Å²) in [5.41, 5.74) is 4.11. The van der Waals surface area contributed by atoms with Gasteiger partial charge in [0.1, 0.15) is 5.41 Å². The average Bonchev–Trinajstić information content (AvgIpc) is 1.92. The summed E-state index contributed by atoms with van der Waals surface area (Å²) in [5, 5.41) is 8.60. The minimum atomic E-state index is -0.931. The first kappa shape index (κ1) is 8.96. The molecule has 0 radical (unpaired) electrons. The number of hydrogen-bond donors (Lipinski definition) is 1. The molecule has 0 aromatic rings. The molecule has 0 aliphatic heterocycles. The van der Waals surface area contributed by atoms with Crippen LogP contribution in [0.1, 0.15) is 26.7 Å². The van der Waals surface area contributed by atoms with E-state index < -0.39 is 11.3 Å². The summed E-state index contributed by atoms with van der Waals surface area (Å²) >= 11 is 0. The van der Waals surface area contributed by atoms with Gasteiger partial charge in [-0.2, -0.15) is 5.26 Å². The lowest BCUT2D eigenvalue weighted by molar-refractivity contribution is -0.125. The molecule has 1 amide bonds. The molecule has 0 aromatic carbocycles. The predicted molar refractivity (Wildman–Crippen MR) is 37.8 cm³/mol. The molecule has 3 heteroatoms. The normalized spacial score (nSPS) is 10.5. The molecule has 0 aliphatic carbocycles. The van der Waals surface area contributed by atoms with Crippen molar-refractivity contribution in [2.45, 2.75) is 26.7 Å². The Hall–Kier alpha value is -1.04. The minimum Gasteiger partial charge on any atom is -0.368 e. The minimum absolute atomic E-state index is 0.495. The molecule has 0 rings (SSSR count). The third-order valence-corrected chi connectivity index (χ3v) is 1.89. The monoisotopic (exact) mass is 140 g/mol. The quantitative estimate of drug-likeness (QED) is 0.630. The summed E-state index contributed by atoms with van der Waals surface area (Å²) in [5.74, 6) is -0.514. The predicted octanol–water partition coefficient (Wildman–Crippen LogP) is 0.802. The number of carbonyl (C=O) groups is 1. The van der Waals surface area contributed by atoms with Crippen molar-refractivity contribution in [1.82, 2.24) is 0 Å². The molecule has 56 valence electrons. The Morgan fingerprint density at radius 3 is 2.00 bits per heavy atom. The van der Waals surface area contributed by atoms with Crippen LogP contribution in [-0.4, -0.2) is 5.91 Å². The molecule has 10 heavy (non-hydrogen) atoms. The third-order valence-electron chi connectivity index (χ3n) is 1.89. The van der Waals surface area contributed by atoms with Crippen molar-refractivity contribution < 1.29 is 4.79 Å². The molecule has 0 saturated carbocycles. The van der Waals surface area contributed by atoms with Gasteiger partial charge in [-0.25, -0.2) is 0 Å². The van der Waals surface area contributed by atoms with Crippen LogP contribution in [0.4, 0.5) is 0 Å². The number of amides is 1. The van der Waals surface area contributed by atoms with Crippen LogP contribution < -0.4 is 5.73 Å². The van der Waals surface area contributed by atoms with Gasteiger partial charge in [-0.05, 0) is 12.8 Å². The Morgan fingerprint density at radius 1 is 1.60 bits per heavy atom. The first-order chi connectivity index (χ1) is 4.63. The van der Waals surface area contributed by atoms with E-state index in [1.807, 2.05) is 6.07 Å². The lowest BCUT2D eigenvalue weighted by Crippen LogP contribution is -2.34. The first-order valence-electron chi connectivity index (χ1n) is 3.34. The van der Waals surface area contributed by atoms with E-state index >= 15 is 0 Å². The molecule has 0 bridgehead atoms. The number of carbonyl (C=O) groups excluding carboxylic acids is 1. The van der Waals surface area contributed by atoms with Crippen LogP contribution in [0.5, 0.6) is 0 Å². The lowest BCUT2D eigenvalue weighted by Gasteiger charge is -2.17. The van der Waals surface area contributed by atoms with Gasteiger partial charge in [0.05, 0.1) is 6.07 Å². The van der Waals surface area contributed by atoms with Crippen molar-refractivity contribution in [3.8, 4) is 6.07 Å². The average molecular weight is 140 g/mol. The third kappa shape index (κ3) is 1.27. The molecule has 0 aliphatic rings. The van der Waals surface area contributed by atoms with E-state index in [0.29, 0.717) is 12.8 Å². The van der Waals surface area contributed by atoms with E-state index in [9.17, 15) is 4.79 Å². The summed E-state index contributed by atoms with van der Waals surface area (Å²) in [7, 11) is 0. The van der Waals surface area contributed by atoms with Gasteiger partial charge in [0.25, 0.3) is 0 Å². The Labute approximate surface area is 60.8 Å². The van der Waals surface area contributed by atoms with Crippen LogP contribution >= 0.6 is 0 Å². The van der Waals surface area contributed by atoms with E-state index in [2.05, 4.69) is 0 Å². The second-order valence-electron chi connectivity index (χ2n) is 2.27. The smallest absolute Gasteiger partial charge is 0.237 e. The van der Waals surface area contributed by atoms with Gasteiger partial charge in [0.15, 0.2) is 0 Å². The molecular formula is C7H12N2O. The maximum Gasteiger partial charge on any atom is 0.237 e. The highest BCUT2D eigenvalue weighted by Crippen LogP contribution is 2.23. The van der Waals surface area contributed by atoms with Crippen molar-refractivity contribution in [2.75, 3.05) is 0 Å². The molecule has 0 unspecified atom stereocenters. The first-order valence-corrected chi connectivity index (χ1v) is 3.34. The van der Waals surface area contributed by atoms with Crippen molar-refractivity contribution in [3.05, 3.63) is 0 Å². The lowest BCUT2D eigenvalue weighted by atomic mass is 9.83. The summed E-state index contributed by atoms with van der Waals surface area (Å²) in [6.07, 6.45) is 0.991. The topological polar surface area (TPSA) is 66.9 Å². The highest BCUT2D eigenvalue weighted by Gasteiger charge is 2.32. The Bertz CT molecular complexity index is 165. The van der Waals surface area contributed by atoms with Crippen LogP contribution in [-0.2, 0) is 4.79 Å². The van der Waals surface area contributed by atoms with Crippen molar-refractivity contribution >= 4 is 5.91 Å². The summed E-state index contributed by atoms with van der Waals surface area (Å²) in [4.78, 5) is 10.7. The number of rotatable bonds is 3. The largest absolute Gasteiger partial charge is 0.368 e. The van der Waals surface area contributed by atoms with Crippen LogP contribution in [0.25, 0.3) is 0 Å². The van der Waals surface area contributed by atoms with Gasteiger partial charge < -0.3 is 5.73 Å². The Balaban J connectivity index is 4.52. The number of nitrogens with zero attached hydrogens (tertiary/aromatic N) is 1. The number of hydrogen-bond acceptors (Lipinski definition) is 2. The fraction of sp³-hybridized carbons (Fsp3) is 0.714. The number of nitriles is 1. The summed E-state index contributed by atoms with van der Waals surface area (Å²) in [6.45, 7) is 3.58. The van der Waals surface area contributed by atoms with E-state index in [0.717, 1.165) is 0 Å². The molecular weight excluding hydrogens is 128 g/mol. The van der Waals surface area contributed by atoms with Gasteiger partial charge in [-0.3, -0.25) is 4.79 Å². The van der Waals surface area contributed by atoms with Crippen LogP contribution in [0.15, 0.2) is 0 Å². The van der Waals surface area contributed by atoms with Crippen molar-refractivity contribution in [3.63, 3.8) is 0 Å². The highest BCUT2D eigenvalue weighted by atomic mass is 16.1. The maximum absolute atomic E-state index is 10.7. The summed E-state index contributed by atoms with van der Waals surface area (Å²) < 4.78 is 0. The molecule has 0 spiro atoms. The molecule has 0 fully saturated rings. The van der Waals surface area contributed by atoms with Gasteiger partial charge in [0.2, 0.25) is 5.91 Å². The molecule has 3 nitrogen and oxygen atoms in total. The molecule has 0 saturated heterocycles. The van der Waals surface area contributed by atoms with Gasteiger partial charge in [-0.15, -0.1) is 0 Å². The molecule has 0 aromatic heterocycles. The number of primary amides is 1.